The lowest BCUT2D eigenvalue weighted by Gasteiger charge is -2.21. The van der Waals surface area contributed by atoms with Gasteiger partial charge in [0.15, 0.2) is 0 Å². The molecule has 0 saturated carbocycles. The molecule has 6 nitrogen and oxygen atoms in total. The molecular weight excluding hydrogens is 325 g/mol. The summed E-state index contributed by atoms with van der Waals surface area (Å²) >= 11 is 0. The number of aromatic carboxylic acids is 1. The normalized spacial score (nSPS) is 17.4. The maximum absolute atomic E-state index is 14.7. The van der Waals surface area contributed by atoms with E-state index in [1.165, 1.54) is 12.3 Å². The van der Waals surface area contributed by atoms with Gasteiger partial charge in [0.25, 0.3) is 0 Å². The summed E-state index contributed by atoms with van der Waals surface area (Å²) < 4.78 is 16.4. The number of fused-ring (bicyclic) bond motifs is 1. The van der Waals surface area contributed by atoms with Crippen LogP contribution in [0.5, 0.6) is 0 Å². The molecule has 2 aromatic rings. The Kier molecular flexibility index (Phi) is 4.76. The van der Waals surface area contributed by atoms with Crippen LogP contribution in [0, 0.1) is 11.7 Å². The average molecular weight is 347 g/mol. The Hall–Kier alpha value is -2.41. The van der Waals surface area contributed by atoms with Gasteiger partial charge in [0.2, 0.25) is 5.43 Å². The van der Waals surface area contributed by atoms with Crippen LogP contribution in [0.1, 0.15) is 23.7 Å². The van der Waals surface area contributed by atoms with Gasteiger partial charge >= 0.3 is 5.97 Å². The summed E-state index contributed by atoms with van der Waals surface area (Å²) in [5.74, 6) is -1.32. The minimum Gasteiger partial charge on any atom is -0.477 e. The van der Waals surface area contributed by atoms with Gasteiger partial charge in [-0.2, -0.15) is 0 Å². The van der Waals surface area contributed by atoms with E-state index in [1.54, 1.807) is 10.6 Å². The van der Waals surface area contributed by atoms with Crippen molar-refractivity contribution >= 4 is 22.6 Å². The molecule has 1 aromatic carbocycles. The first-order valence-electron chi connectivity index (χ1n) is 8.45. The zero-order chi connectivity index (χ0) is 18.1. The molecule has 134 valence electrons. The van der Waals surface area contributed by atoms with Crippen LogP contribution in [-0.4, -0.2) is 42.3 Å². The Labute approximate surface area is 144 Å². The minimum absolute atomic E-state index is 0.106. The number of anilines is 1. The third-order valence-corrected chi connectivity index (χ3v) is 4.84. The number of hydrogen-bond acceptors (Lipinski definition) is 4. The fraction of sp³-hybridized carbons (Fsp3) is 0.444. The number of benzene rings is 1. The van der Waals surface area contributed by atoms with Gasteiger partial charge in [-0.05, 0) is 45.0 Å². The molecule has 2 N–H and O–H groups in total. The lowest BCUT2D eigenvalue weighted by molar-refractivity contribution is 0.0695. The molecule has 1 unspecified atom stereocenters. The molecule has 1 aliphatic rings. The second kappa shape index (κ2) is 6.84. The lowest BCUT2D eigenvalue weighted by Crippen LogP contribution is -2.25. The highest BCUT2D eigenvalue weighted by molar-refractivity contribution is 5.93. The van der Waals surface area contributed by atoms with Crippen molar-refractivity contribution < 1.29 is 14.3 Å². The van der Waals surface area contributed by atoms with Gasteiger partial charge in [0.05, 0.1) is 11.2 Å². The summed E-state index contributed by atoms with van der Waals surface area (Å²) in [7, 11) is 1.90. The summed E-state index contributed by atoms with van der Waals surface area (Å²) in [4.78, 5) is 25.6. The Bertz CT molecular complexity index is 878. The molecule has 1 aliphatic heterocycles. The van der Waals surface area contributed by atoms with E-state index in [0.29, 0.717) is 23.7 Å². The first-order valence-corrected chi connectivity index (χ1v) is 8.45. The molecule has 0 bridgehead atoms. The van der Waals surface area contributed by atoms with Crippen molar-refractivity contribution in [2.24, 2.45) is 5.92 Å². The number of aryl methyl sites for hydroxylation is 1. The number of nitrogens with one attached hydrogen (secondary N) is 1. The predicted molar refractivity (Wildman–Crippen MR) is 95.0 cm³/mol. The van der Waals surface area contributed by atoms with Crippen LogP contribution in [0.15, 0.2) is 23.1 Å². The van der Waals surface area contributed by atoms with Crippen molar-refractivity contribution in [3.63, 3.8) is 0 Å². The van der Waals surface area contributed by atoms with Crippen molar-refractivity contribution in [1.29, 1.82) is 0 Å². The lowest BCUT2D eigenvalue weighted by atomic mass is 10.1. The third-order valence-electron chi connectivity index (χ3n) is 4.84. The second-order valence-electron chi connectivity index (χ2n) is 6.44. The van der Waals surface area contributed by atoms with Gasteiger partial charge in [-0.15, -0.1) is 0 Å². The molecule has 1 aromatic heterocycles. The third kappa shape index (κ3) is 3.11. The molecule has 7 heteroatoms. The summed E-state index contributed by atoms with van der Waals surface area (Å²) in [6, 6.07) is 2.85. The van der Waals surface area contributed by atoms with Crippen LogP contribution >= 0.6 is 0 Å². The van der Waals surface area contributed by atoms with Crippen LogP contribution in [-0.2, 0) is 6.54 Å². The summed E-state index contributed by atoms with van der Waals surface area (Å²) in [6.45, 7) is 4.75. The average Bonchev–Trinajstić information content (AvgIpc) is 3.03. The maximum atomic E-state index is 14.7. The number of pyridine rings is 1. The van der Waals surface area contributed by atoms with Crippen LogP contribution in [0.4, 0.5) is 10.1 Å². The molecule has 3 rings (SSSR count). The van der Waals surface area contributed by atoms with Crippen molar-refractivity contribution in [2.75, 3.05) is 31.6 Å². The number of carboxylic acids is 1. The first-order chi connectivity index (χ1) is 12.0. The van der Waals surface area contributed by atoms with E-state index in [9.17, 15) is 19.1 Å². The SMILES string of the molecule is CCn1cc(C(=O)O)c(=O)c2cc(F)c(N3CCC(CNC)C3)cc21. The molecular formula is C18H22FN3O3. The molecule has 2 heterocycles. The van der Waals surface area contributed by atoms with E-state index in [4.69, 9.17) is 0 Å². The van der Waals surface area contributed by atoms with Gasteiger partial charge in [0, 0.05) is 31.2 Å². The van der Waals surface area contributed by atoms with Crippen LogP contribution in [0.3, 0.4) is 0 Å². The van der Waals surface area contributed by atoms with Gasteiger partial charge in [-0.25, -0.2) is 9.18 Å². The summed E-state index contributed by atoms with van der Waals surface area (Å²) in [6.07, 6.45) is 2.32. The maximum Gasteiger partial charge on any atom is 0.341 e. The molecule has 0 radical (unpaired) electrons. The highest BCUT2D eigenvalue weighted by atomic mass is 19.1. The van der Waals surface area contributed by atoms with Crippen molar-refractivity contribution in [2.45, 2.75) is 19.9 Å². The van der Waals surface area contributed by atoms with Crippen LogP contribution in [0.2, 0.25) is 0 Å². The Balaban J connectivity index is 2.12. The zero-order valence-electron chi connectivity index (χ0n) is 14.4. The number of hydrogen-bond donors (Lipinski definition) is 2. The fourth-order valence-electron chi connectivity index (χ4n) is 3.56. The molecule has 1 atom stereocenters. The van der Waals surface area contributed by atoms with E-state index >= 15 is 0 Å². The number of nitrogens with zero attached hydrogens (tertiary/aromatic N) is 2. The van der Waals surface area contributed by atoms with Gasteiger partial charge in [-0.1, -0.05) is 0 Å². The standard InChI is InChI=1S/C18H22FN3O3/c1-3-21-10-13(18(24)25)17(23)12-6-14(19)16(7-15(12)21)22-5-4-11(9-22)8-20-2/h6-7,10-11,20H,3-5,8-9H2,1-2H3,(H,24,25). The van der Waals surface area contributed by atoms with E-state index in [0.717, 1.165) is 26.1 Å². The number of carboxylic acid groups (broad SMARTS) is 1. The number of aromatic nitrogens is 1. The second-order valence-corrected chi connectivity index (χ2v) is 6.44. The first kappa shape index (κ1) is 17.4. The van der Waals surface area contributed by atoms with E-state index in [-0.39, 0.29) is 10.9 Å². The van der Waals surface area contributed by atoms with E-state index in [1.807, 2.05) is 18.9 Å². The highest BCUT2D eigenvalue weighted by Gasteiger charge is 2.25. The minimum atomic E-state index is -1.30. The van der Waals surface area contributed by atoms with Crippen molar-refractivity contribution in [3.8, 4) is 0 Å². The van der Waals surface area contributed by atoms with Gasteiger partial charge in [0.1, 0.15) is 11.4 Å². The molecule has 1 saturated heterocycles. The molecule has 25 heavy (non-hydrogen) atoms. The highest BCUT2D eigenvalue weighted by Crippen LogP contribution is 2.29. The van der Waals surface area contributed by atoms with Crippen molar-refractivity contribution in [1.82, 2.24) is 9.88 Å². The smallest absolute Gasteiger partial charge is 0.341 e. The molecule has 0 amide bonds. The summed E-state index contributed by atoms with van der Waals surface area (Å²) in [5, 5.41) is 12.5. The van der Waals surface area contributed by atoms with E-state index < -0.39 is 17.2 Å². The van der Waals surface area contributed by atoms with Gasteiger partial charge < -0.3 is 19.9 Å². The quantitative estimate of drug-likeness (QED) is 0.864. The van der Waals surface area contributed by atoms with Crippen molar-refractivity contribution in [3.05, 3.63) is 39.9 Å². The fourth-order valence-corrected chi connectivity index (χ4v) is 3.56. The molecule has 1 fully saturated rings. The summed E-state index contributed by atoms with van der Waals surface area (Å²) in [5.41, 5.74) is 0.0469. The predicted octanol–water partition coefficient (Wildman–Crippen LogP) is 1.90. The Morgan fingerprint density at radius 1 is 1.44 bits per heavy atom. The Morgan fingerprint density at radius 2 is 2.20 bits per heavy atom. The monoisotopic (exact) mass is 347 g/mol. The van der Waals surface area contributed by atoms with E-state index in [2.05, 4.69) is 5.32 Å². The van der Waals surface area contributed by atoms with Crippen LogP contribution < -0.4 is 15.6 Å². The molecule has 0 aliphatic carbocycles. The van der Waals surface area contributed by atoms with Gasteiger partial charge in [-0.3, -0.25) is 4.79 Å². The topological polar surface area (TPSA) is 74.6 Å². The number of carbonyl (C=O) groups is 1. The molecule has 0 spiro atoms. The largest absolute Gasteiger partial charge is 0.477 e. The zero-order valence-corrected chi connectivity index (χ0v) is 14.4. The number of halogens is 1. The van der Waals surface area contributed by atoms with Crippen LogP contribution in [0.25, 0.3) is 10.9 Å². The Morgan fingerprint density at radius 3 is 2.84 bits per heavy atom. The number of rotatable bonds is 5.